The maximum atomic E-state index is 4.40. The number of anilines is 1. The molecule has 3 heterocycles. The molecule has 0 unspecified atom stereocenters. The monoisotopic (exact) mass is 301 g/mol. The third kappa shape index (κ3) is 3.25. The lowest BCUT2D eigenvalue weighted by atomic mass is 9.98. The van der Waals surface area contributed by atoms with Crippen molar-refractivity contribution in [1.29, 1.82) is 0 Å². The maximum Gasteiger partial charge on any atom is 0.151 e. The molecule has 1 aromatic heterocycles. The van der Waals surface area contributed by atoms with Crippen molar-refractivity contribution in [1.82, 2.24) is 20.4 Å². The molecule has 0 atom stereocenters. The summed E-state index contributed by atoms with van der Waals surface area (Å²) in [5.41, 5.74) is 1.18. The molecule has 3 aliphatic rings. The fraction of sp³-hybridized carbons (Fsp3) is 0.765. The van der Waals surface area contributed by atoms with E-state index in [2.05, 4.69) is 44.5 Å². The van der Waals surface area contributed by atoms with Crippen LogP contribution in [0.2, 0.25) is 0 Å². The molecule has 1 aromatic rings. The first-order valence-corrected chi connectivity index (χ1v) is 8.78. The Morgan fingerprint density at radius 3 is 2.50 bits per heavy atom. The van der Waals surface area contributed by atoms with Gasteiger partial charge >= 0.3 is 0 Å². The topological polar surface area (TPSA) is 44.3 Å². The highest BCUT2D eigenvalue weighted by Gasteiger charge is 2.30. The van der Waals surface area contributed by atoms with E-state index in [1.165, 1.54) is 44.5 Å². The molecule has 22 heavy (non-hydrogen) atoms. The largest absolute Gasteiger partial charge is 0.354 e. The van der Waals surface area contributed by atoms with Crippen LogP contribution in [-0.4, -0.2) is 60.9 Å². The van der Waals surface area contributed by atoms with Crippen LogP contribution in [0.4, 0.5) is 5.82 Å². The maximum absolute atomic E-state index is 4.40. The van der Waals surface area contributed by atoms with E-state index in [0.717, 1.165) is 37.4 Å². The molecule has 0 radical (unpaired) electrons. The fourth-order valence-electron chi connectivity index (χ4n) is 3.53. The summed E-state index contributed by atoms with van der Waals surface area (Å²) in [5, 5.41) is 12.5. The quantitative estimate of drug-likeness (QED) is 0.892. The normalized spacial score (nSPS) is 24.5. The van der Waals surface area contributed by atoms with Crippen LogP contribution in [0.5, 0.6) is 0 Å². The number of hydrogen-bond acceptors (Lipinski definition) is 5. The van der Waals surface area contributed by atoms with Crippen LogP contribution < -0.4 is 10.2 Å². The summed E-state index contributed by atoms with van der Waals surface area (Å²) in [6.07, 6.45) is 5.17. The molecular formula is C17H27N5. The molecule has 0 bridgehead atoms. The van der Waals surface area contributed by atoms with E-state index >= 15 is 0 Å². The van der Waals surface area contributed by atoms with E-state index in [-0.39, 0.29) is 0 Å². The van der Waals surface area contributed by atoms with E-state index in [9.17, 15) is 0 Å². The van der Waals surface area contributed by atoms with Crippen LogP contribution in [0.1, 0.15) is 37.3 Å². The molecule has 0 amide bonds. The zero-order chi connectivity index (χ0) is 14.9. The molecular weight excluding hydrogens is 274 g/mol. The molecule has 5 nitrogen and oxygen atoms in total. The van der Waals surface area contributed by atoms with Gasteiger partial charge in [0.1, 0.15) is 0 Å². The summed E-state index contributed by atoms with van der Waals surface area (Å²) >= 11 is 0. The Balaban J connectivity index is 1.19. The van der Waals surface area contributed by atoms with E-state index in [0.29, 0.717) is 5.92 Å². The number of nitrogens with one attached hydrogen (secondary N) is 1. The Labute approximate surface area is 133 Å². The van der Waals surface area contributed by atoms with Gasteiger partial charge in [0.05, 0.1) is 5.69 Å². The summed E-state index contributed by atoms with van der Waals surface area (Å²) in [4.78, 5) is 4.78. The second kappa shape index (κ2) is 6.13. The standard InChI is InChI=1S/C17H27N5/c1-21-8-6-15(7-9-21)18-10-13-11-22(12-13)17-5-4-16(19-20-17)14-2-3-14/h4-5,13-15,18H,2-3,6-12H2,1H3. The second-order valence-corrected chi connectivity index (χ2v) is 7.35. The van der Waals surface area contributed by atoms with Crippen LogP contribution in [0.25, 0.3) is 0 Å². The van der Waals surface area contributed by atoms with E-state index in [4.69, 9.17) is 0 Å². The van der Waals surface area contributed by atoms with Gasteiger partial charge in [-0.3, -0.25) is 0 Å². The summed E-state index contributed by atoms with van der Waals surface area (Å²) in [6, 6.07) is 5.05. The third-order valence-electron chi connectivity index (χ3n) is 5.36. The van der Waals surface area contributed by atoms with Gasteiger partial charge < -0.3 is 15.1 Å². The number of aromatic nitrogens is 2. The zero-order valence-corrected chi connectivity index (χ0v) is 13.5. The first kappa shape index (κ1) is 14.4. The Kier molecular flexibility index (Phi) is 4.01. The predicted octanol–water partition coefficient (Wildman–Crippen LogP) is 1.47. The minimum atomic E-state index is 0.699. The van der Waals surface area contributed by atoms with Crippen LogP contribution >= 0.6 is 0 Å². The zero-order valence-electron chi connectivity index (χ0n) is 13.5. The van der Waals surface area contributed by atoms with Crippen LogP contribution in [0, 0.1) is 5.92 Å². The molecule has 0 aromatic carbocycles. The Hall–Kier alpha value is -1.20. The number of nitrogens with zero attached hydrogens (tertiary/aromatic N) is 4. The Bertz CT molecular complexity index is 484. The van der Waals surface area contributed by atoms with Crippen molar-refractivity contribution in [3.63, 3.8) is 0 Å². The summed E-state index contributed by atoms with van der Waals surface area (Å²) in [5.74, 6) is 2.52. The highest BCUT2D eigenvalue weighted by molar-refractivity contribution is 5.41. The average molecular weight is 301 g/mol. The summed E-state index contributed by atoms with van der Waals surface area (Å²) < 4.78 is 0. The van der Waals surface area contributed by atoms with Crippen molar-refractivity contribution in [2.75, 3.05) is 44.7 Å². The van der Waals surface area contributed by atoms with Gasteiger partial charge in [0, 0.05) is 37.5 Å². The minimum absolute atomic E-state index is 0.699. The first-order chi connectivity index (χ1) is 10.8. The second-order valence-electron chi connectivity index (χ2n) is 7.35. The van der Waals surface area contributed by atoms with Gasteiger partial charge in [-0.1, -0.05) is 0 Å². The van der Waals surface area contributed by atoms with Crippen LogP contribution in [-0.2, 0) is 0 Å². The number of piperidine rings is 1. The molecule has 1 N–H and O–H groups in total. The highest BCUT2D eigenvalue weighted by atomic mass is 15.3. The molecule has 1 saturated carbocycles. The van der Waals surface area contributed by atoms with Crippen molar-refractivity contribution >= 4 is 5.82 Å². The smallest absolute Gasteiger partial charge is 0.151 e. The van der Waals surface area contributed by atoms with Gasteiger partial charge in [-0.05, 0) is 58.0 Å². The third-order valence-corrected chi connectivity index (χ3v) is 5.36. The van der Waals surface area contributed by atoms with Crippen molar-refractivity contribution in [3.8, 4) is 0 Å². The number of likely N-dealkylation sites (tertiary alicyclic amines) is 1. The van der Waals surface area contributed by atoms with Crippen molar-refractivity contribution < 1.29 is 0 Å². The lowest BCUT2D eigenvalue weighted by Crippen LogP contribution is -2.53. The van der Waals surface area contributed by atoms with E-state index in [1.807, 2.05) is 0 Å². The molecule has 3 fully saturated rings. The van der Waals surface area contributed by atoms with Crippen molar-refractivity contribution in [2.24, 2.45) is 5.92 Å². The van der Waals surface area contributed by atoms with Crippen molar-refractivity contribution in [2.45, 2.75) is 37.6 Å². The average Bonchev–Trinajstić information content (AvgIpc) is 3.33. The van der Waals surface area contributed by atoms with Gasteiger partial charge in [0.15, 0.2) is 5.82 Å². The molecule has 0 spiro atoms. The number of hydrogen-bond donors (Lipinski definition) is 1. The van der Waals surface area contributed by atoms with Gasteiger partial charge in [0.2, 0.25) is 0 Å². The molecule has 120 valence electrons. The SMILES string of the molecule is CN1CCC(NCC2CN(c3ccc(C4CC4)nn3)C2)CC1. The van der Waals surface area contributed by atoms with Gasteiger partial charge in [-0.15, -0.1) is 5.10 Å². The fourth-order valence-corrected chi connectivity index (χ4v) is 3.53. The van der Waals surface area contributed by atoms with E-state index in [1.54, 1.807) is 0 Å². The summed E-state index contributed by atoms with van der Waals surface area (Å²) in [6.45, 7) is 5.86. The molecule has 2 aliphatic heterocycles. The summed E-state index contributed by atoms with van der Waals surface area (Å²) in [7, 11) is 2.22. The van der Waals surface area contributed by atoms with Crippen LogP contribution in [0.3, 0.4) is 0 Å². The Morgan fingerprint density at radius 1 is 1.09 bits per heavy atom. The van der Waals surface area contributed by atoms with Crippen LogP contribution in [0.15, 0.2) is 12.1 Å². The van der Waals surface area contributed by atoms with Gasteiger partial charge in [0.25, 0.3) is 0 Å². The molecule has 2 saturated heterocycles. The highest BCUT2D eigenvalue weighted by Crippen LogP contribution is 2.38. The predicted molar refractivity (Wildman–Crippen MR) is 88.2 cm³/mol. The lowest BCUT2D eigenvalue weighted by molar-refractivity contribution is 0.225. The molecule has 1 aliphatic carbocycles. The van der Waals surface area contributed by atoms with E-state index < -0.39 is 0 Å². The molecule has 4 rings (SSSR count). The first-order valence-electron chi connectivity index (χ1n) is 8.78. The van der Waals surface area contributed by atoms with Crippen molar-refractivity contribution in [3.05, 3.63) is 17.8 Å². The Morgan fingerprint density at radius 2 is 1.86 bits per heavy atom. The van der Waals surface area contributed by atoms with Gasteiger partial charge in [-0.2, -0.15) is 5.10 Å². The van der Waals surface area contributed by atoms with Gasteiger partial charge in [-0.25, -0.2) is 0 Å². The lowest BCUT2D eigenvalue weighted by Gasteiger charge is -2.41. The number of rotatable bonds is 5. The minimum Gasteiger partial charge on any atom is -0.354 e. The molecule has 5 heteroatoms.